The molecule has 0 spiro atoms. The minimum atomic E-state index is -0.961. The normalized spacial score (nSPS) is 10.5. The van der Waals surface area contributed by atoms with Gasteiger partial charge in [0.05, 0.1) is 5.56 Å². The third-order valence-electron chi connectivity index (χ3n) is 2.24. The van der Waals surface area contributed by atoms with E-state index in [0.29, 0.717) is 11.2 Å². The van der Waals surface area contributed by atoms with Crippen LogP contribution in [-0.4, -0.2) is 16.1 Å². The molecular formula is C11H10N2O2. The summed E-state index contributed by atoms with van der Waals surface area (Å²) in [6.45, 7) is 1.85. The number of rotatable bonds is 1. The number of hydrogen-bond acceptors (Lipinski definition) is 3. The molecule has 0 aliphatic carbocycles. The standard InChI is InChI=1S/C11H10N2O2/c1-6-4-7-2-3-8(11(14)15)5-9(7)10(12)13-6/h2-5H,1H3,(H2,12,13)(H,14,15). The average Bonchev–Trinajstić information content (AvgIpc) is 2.16. The highest BCUT2D eigenvalue weighted by Gasteiger charge is 2.06. The van der Waals surface area contributed by atoms with Crippen LogP contribution in [0.1, 0.15) is 16.1 Å². The first kappa shape index (κ1) is 9.45. The van der Waals surface area contributed by atoms with Gasteiger partial charge in [0.2, 0.25) is 0 Å². The smallest absolute Gasteiger partial charge is 0.335 e. The van der Waals surface area contributed by atoms with Crippen LogP contribution in [0.25, 0.3) is 10.8 Å². The van der Waals surface area contributed by atoms with Gasteiger partial charge >= 0.3 is 5.97 Å². The van der Waals surface area contributed by atoms with Gasteiger partial charge in [0, 0.05) is 11.1 Å². The summed E-state index contributed by atoms with van der Waals surface area (Å²) < 4.78 is 0. The van der Waals surface area contributed by atoms with E-state index in [1.54, 1.807) is 18.2 Å². The predicted molar refractivity (Wildman–Crippen MR) is 57.9 cm³/mol. The van der Waals surface area contributed by atoms with Gasteiger partial charge in [0.25, 0.3) is 0 Å². The highest BCUT2D eigenvalue weighted by atomic mass is 16.4. The number of nitrogen functional groups attached to an aromatic ring is 1. The Morgan fingerprint density at radius 2 is 2.13 bits per heavy atom. The van der Waals surface area contributed by atoms with Gasteiger partial charge in [0.1, 0.15) is 5.82 Å². The van der Waals surface area contributed by atoms with Crippen LogP contribution in [0.4, 0.5) is 5.82 Å². The summed E-state index contributed by atoms with van der Waals surface area (Å²) in [6.07, 6.45) is 0. The van der Waals surface area contributed by atoms with Crippen LogP contribution in [0.5, 0.6) is 0 Å². The summed E-state index contributed by atoms with van der Waals surface area (Å²) in [5, 5.41) is 10.4. The van der Waals surface area contributed by atoms with E-state index < -0.39 is 5.97 Å². The van der Waals surface area contributed by atoms with Gasteiger partial charge in [-0.25, -0.2) is 9.78 Å². The SMILES string of the molecule is Cc1cc2ccc(C(=O)O)cc2c(N)n1. The molecular weight excluding hydrogens is 192 g/mol. The Morgan fingerprint density at radius 3 is 2.80 bits per heavy atom. The third kappa shape index (κ3) is 1.61. The lowest BCUT2D eigenvalue weighted by atomic mass is 10.1. The van der Waals surface area contributed by atoms with Crippen molar-refractivity contribution in [2.45, 2.75) is 6.92 Å². The summed E-state index contributed by atoms with van der Waals surface area (Å²) in [7, 11) is 0. The fraction of sp³-hybridized carbons (Fsp3) is 0.0909. The quantitative estimate of drug-likeness (QED) is 0.739. The molecule has 1 aromatic carbocycles. The first-order valence-corrected chi connectivity index (χ1v) is 4.48. The Kier molecular flexibility index (Phi) is 2.04. The van der Waals surface area contributed by atoms with E-state index in [-0.39, 0.29) is 5.56 Å². The van der Waals surface area contributed by atoms with Gasteiger partial charge in [-0.15, -0.1) is 0 Å². The average molecular weight is 202 g/mol. The van der Waals surface area contributed by atoms with Crippen LogP contribution in [0.2, 0.25) is 0 Å². The first-order chi connectivity index (χ1) is 7.08. The molecule has 0 aliphatic heterocycles. The lowest BCUT2D eigenvalue weighted by Crippen LogP contribution is -1.98. The minimum absolute atomic E-state index is 0.222. The number of carboxylic acid groups (broad SMARTS) is 1. The Hall–Kier alpha value is -2.10. The number of aromatic nitrogens is 1. The Labute approximate surface area is 86.4 Å². The Morgan fingerprint density at radius 1 is 1.40 bits per heavy atom. The van der Waals surface area contributed by atoms with Crippen molar-refractivity contribution in [1.82, 2.24) is 4.98 Å². The van der Waals surface area contributed by atoms with Crippen molar-refractivity contribution in [2.75, 3.05) is 5.73 Å². The number of pyridine rings is 1. The van der Waals surface area contributed by atoms with Crippen LogP contribution >= 0.6 is 0 Å². The summed E-state index contributed by atoms with van der Waals surface area (Å²) in [5.74, 6) is -0.593. The topological polar surface area (TPSA) is 76.2 Å². The number of nitrogens with two attached hydrogens (primary N) is 1. The lowest BCUT2D eigenvalue weighted by Gasteiger charge is -2.04. The first-order valence-electron chi connectivity index (χ1n) is 4.48. The molecule has 0 aliphatic rings. The maximum absolute atomic E-state index is 10.8. The van der Waals surface area contributed by atoms with Gasteiger partial charge in [-0.2, -0.15) is 0 Å². The highest BCUT2D eigenvalue weighted by molar-refractivity contribution is 5.98. The van der Waals surface area contributed by atoms with Crippen LogP contribution < -0.4 is 5.73 Å². The van der Waals surface area contributed by atoms with Crippen molar-refractivity contribution in [3.05, 3.63) is 35.5 Å². The van der Waals surface area contributed by atoms with Crippen LogP contribution in [-0.2, 0) is 0 Å². The zero-order chi connectivity index (χ0) is 11.0. The molecule has 0 bridgehead atoms. The Bertz CT molecular complexity index is 550. The van der Waals surface area contributed by atoms with Crippen LogP contribution in [0.15, 0.2) is 24.3 Å². The molecule has 2 rings (SSSR count). The zero-order valence-corrected chi connectivity index (χ0v) is 8.19. The predicted octanol–water partition coefficient (Wildman–Crippen LogP) is 1.82. The number of anilines is 1. The molecule has 1 aromatic heterocycles. The number of fused-ring (bicyclic) bond motifs is 1. The summed E-state index contributed by atoms with van der Waals surface area (Å²) >= 11 is 0. The van der Waals surface area contributed by atoms with Gasteiger partial charge < -0.3 is 10.8 Å². The summed E-state index contributed by atoms with van der Waals surface area (Å²) in [4.78, 5) is 14.8. The minimum Gasteiger partial charge on any atom is -0.478 e. The van der Waals surface area contributed by atoms with Gasteiger partial charge in [0.15, 0.2) is 0 Å². The van der Waals surface area contributed by atoms with Gasteiger partial charge in [-0.05, 0) is 30.5 Å². The zero-order valence-electron chi connectivity index (χ0n) is 8.19. The number of carbonyl (C=O) groups is 1. The highest BCUT2D eigenvalue weighted by Crippen LogP contribution is 2.21. The number of hydrogen-bond donors (Lipinski definition) is 2. The van der Waals surface area contributed by atoms with Crippen molar-refractivity contribution < 1.29 is 9.90 Å². The number of aryl methyl sites for hydroxylation is 1. The molecule has 0 fully saturated rings. The lowest BCUT2D eigenvalue weighted by molar-refractivity contribution is 0.0697. The van der Waals surface area contributed by atoms with Crippen molar-refractivity contribution in [2.24, 2.45) is 0 Å². The molecule has 0 radical (unpaired) electrons. The van der Waals surface area contributed by atoms with Crippen molar-refractivity contribution in [3.8, 4) is 0 Å². The van der Waals surface area contributed by atoms with Crippen molar-refractivity contribution in [1.29, 1.82) is 0 Å². The molecule has 2 aromatic rings. The maximum atomic E-state index is 10.8. The molecule has 0 saturated heterocycles. The second kappa shape index (κ2) is 3.24. The molecule has 3 N–H and O–H groups in total. The van der Waals surface area contributed by atoms with E-state index in [2.05, 4.69) is 4.98 Å². The molecule has 1 heterocycles. The molecule has 4 nitrogen and oxygen atoms in total. The monoisotopic (exact) mass is 202 g/mol. The van der Waals surface area contributed by atoms with Crippen molar-refractivity contribution >= 4 is 22.6 Å². The van der Waals surface area contributed by atoms with E-state index in [4.69, 9.17) is 10.8 Å². The third-order valence-corrected chi connectivity index (χ3v) is 2.24. The number of benzene rings is 1. The fourth-order valence-corrected chi connectivity index (χ4v) is 1.54. The van der Waals surface area contributed by atoms with E-state index in [9.17, 15) is 4.79 Å². The largest absolute Gasteiger partial charge is 0.478 e. The second-order valence-electron chi connectivity index (χ2n) is 3.39. The van der Waals surface area contributed by atoms with Gasteiger partial charge in [-0.3, -0.25) is 0 Å². The fourth-order valence-electron chi connectivity index (χ4n) is 1.54. The molecule has 76 valence electrons. The molecule has 0 saturated carbocycles. The van der Waals surface area contributed by atoms with Gasteiger partial charge in [-0.1, -0.05) is 6.07 Å². The second-order valence-corrected chi connectivity index (χ2v) is 3.39. The summed E-state index contributed by atoms with van der Waals surface area (Å²) in [6, 6.07) is 6.71. The number of carboxylic acids is 1. The molecule has 15 heavy (non-hydrogen) atoms. The van der Waals surface area contributed by atoms with E-state index >= 15 is 0 Å². The van der Waals surface area contributed by atoms with E-state index in [1.807, 2.05) is 13.0 Å². The number of nitrogens with zero attached hydrogens (tertiary/aromatic N) is 1. The molecule has 4 heteroatoms. The van der Waals surface area contributed by atoms with Crippen molar-refractivity contribution in [3.63, 3.8) is 0 Å². The maximum Gasteiger partial charge on any atom is 0.335 e. The van der Waals surface area contributed by atoms with Crippen LogP contribution in [0, 0.1) is 6.92 Å². The van der Waals surface area contributed by atoms with E-state index in [1.165, 1.54) is 0 Å². The van der Waals surface area contributed by atoms with E-state index in [0.717, 1.165) is 11.1 Å². The summed E-state index contributed by atoms with van der Waals surface area (Å²) in [5.41, 5.74) is 6.77. The molecule has 0 atom stereocenters. The molecule has 0 amide bonds. The Balaban J connectivity index is 2.76. The van der Waals surface area contributed by atoms with Crippen LogP contribution in [0.3, 0.4) is 0 Å². The molecule has 0 unspecified atom stereocenters. The number of aromatic carboxylic acids is 1.